The Balaban J connectivity index is 1.21. The van der Waals surface area contributed by atoms with E-state index in [0.29, 0.717) is 30.7 Å². The van der Waals surface area contributed by atoms with Crippen molar-refractivity contribution in [1.29, 1.82) is 0 Å². The van der Waals surface area contributed by atoms with E-state index in [1.807, 2.05) is 4.90 Å². The minimum Gasteiger partial charge on any atom is -0.381 e. The molecule has 29 heavy (non-hydrogen) atoms. The van der Waals surface area contributed by atoms with E-state index in [-0.39, 0.29) is 5.92 Å². The molecule has 6 nitrogen and oxygen atoms in total. The second-order valence-corrected chi connectivity index (χ2v) is 9.41. The summed E-state index contributed by atoms with van der Waals surface area (Å²) in [5, 5.41) is 4.15. The number of hydrogen-bond donors (Lipinski definition) is 0. The topological polar surface area (TPSA) is 68.5 Å². The maximum absolute atomic E-state index is 12.8. The average molecular weight is 404 g/mol. The summed E-state index contributed by atoms with van der Waals surface area (Å²) >= 11 is 0. The van der Waals surface area contributed by atoms with Crippen LogP contribution in [0.2, 0.25) is 0 Å². The normalized spacial score (nSPS) is 24.3. The summed E-state index contributed by atoms with van der Waals surface area (Å²) in [7, 11) is 0. The predicted octanol–water partition coefficient (Wildman–Crippen LogP) is 4.50. The average Bonchev–Trinajstić information content (AvgIpc) is 3.44. The molecular weight excluding hydrogens is 366 g/mol. The van der Waals surface area contributed by atoms with Crippen LogP contribution in [0, 0.1) is 11.8 Å². The SMILES string of the molecule is O=C(CC1CCCCC1)N1CCCC(c2nc(CCOCC3CCCC3)no2)C1. The lowest BCUT2D eigenvalue weighted by Gasteiger charge is -2.32. The number of piperidine rings is 1. The van der Waals surface area contributed by atoms with Gasteiger partial charge in [-0.3, -0.25) is 4.79 Å². The van der Waals surface area contributed by atoms with Gasteiger partial charge >= 0.3 is 0 Å². The molecule has 1 atom stereocenters. The van der Waals surface area contributed by atoms with Gasteiger partial charge in [-0.2, -0.15) is 4.98 Å². The molecule has 1 aliphatic heterocycles. The Morgan fingerprint density at radius 3 is 2.59 bits per heavy atom. The molecule has 0 N–H and O–H groups in total. The van der Waals surface area contributed by atoms with Crippen LogP contribution in [0.3, 0.4) is 0 Å². The van der Waals surface area contributed by atoms with Gasteiger partial charge in [-0.05, 0) is 50.4 Å². The highest BCUT2D eigenvalue weighted by Crippen LogP contribution is 2.30. The fourth-order valence-electron chi connectivity index (χ4n) is 5.30. The summed E-state index contributed by atoms with van der Waals surface area (Å²) in [5.74, 6) is 3.27. The van der Waals surface area contributed by atoms with Gasteiger partial charge in [0, 0.05) is 32.5 Å². The second kappa shape index (κ2) is 10.6. The standard InChI is InChI=1S/C23H37N3O3/c27-22(15-18-7-2-1-3-8-18)26-13-6-11-20(16-26)23-24-21(25-29-23)12-14-28-17-19-9-4-5-10-19/h18-20H,1-17H2. The molecule has 1 unspecified atom stereocenters. The van der Waals surface area contributed by atoms with Crippen molar-refractivity contribution in [3.8, 4) is 0 Å². The van der Waals surface area contributed by atoms with Crippen molar-refractivity contribution in [2.75, 3.05) is 26.3 Å². The molecule has 162 valence electrons. The third-order valence-electron chi connectivity index (χ3n) is 7.09. The van der Waals surface area contributed by atoms with Crippen molar-refractivity contribution < 1.29 is 14.1 Å². The highest BCUT2D eigenvalue weighted by molar-refractivity contribution is 5.76. The van der Waals surface area contributed by atoms with Gasteiger partial charge in [0.1, 0.15) is 0 Å². The third-order valence-corrected chi connectivity index (χ3v) is 7.09. The number of likely N-dealkylation sites (tertiary alicyclic amines) is 1. The molecule has 1 amide bonds. The van der Waals surface area contributed by atoms with Gasteiger partial charge in [0.05, 0.1) is 12.5 Å². The van der Waals surface area contributed by atoms with Gasteiger partial charge in [-0.25, -0.2) is 0 Å². The maximum atomic E-state index is 12.8. The van der Waals surface area contributed by atoms with E-state index >= 15 is 0 Å². The van der Waals surface area contributed by atoms with Crippen LogP contribution < -0.4 is 0 Å². The molecule has 0 spiro atoms. The van der Waals surface area contributed by atoms with Crippen LogP contribution in [0.25, 0.3) is 0 Å². The number of rotatable bonds is 8. The molecule has 2 saturated carbocycles. The zero-order valence-electron chi connectivity index (χ0n) is 17.8. The van der Waals surface area contributed by atoms with Crippen LogP contribution in [0.4, 0.5) is 0 Å². The number of aromatic nitrogens is 2. The lowest BCUT2D eigenvalue weighted by atomic mass is 9.86. The molecule has 1 saturated heterocycles. The quantitative estimate of drug-likeness (QED) is 0.598. The van der Waals surface area contributed by atoms with Crippen LogP contribution in [0.5, 0.6) is 0 Å². The first-order valence-corrected chi connectivity index (χ1v) is 12.0. The Kier molecular flexibility index (Phi) is 7.58. The van der Waals surface area contributed by atoms with Crippen molar-refractivity contribution in [1.82, 2.24) is 15.0 Å². The summed E-state index contributed by atoms with van der Waals surface area (Å²) < 4.78 is 11.4. The first kappa shape index (κ1) is 20.8. The van der Waals surface area contributed by atoms with Crippen LogP contribution >= 0.6 is 0 Å². The van der Waals surface area contributed by atoms with Crippen molar-refractivity contribution in [3.05, 3.63) is 11.7 Å². The van der Waals surface area contributed by atoms with E-state index in [1.165, 1.54) is 57.8 Å². The zero-order chi connectivity index (χ0) is 19.9. The second-order valence-electron chi connectivity index (χ2n) is 9.41. The first-order chi connectivity index (χ1) is 14.3. The van der Waals surface area contributed by atoms with Gasteiger partial charge in [0.25, 0.3) is 0 Å². The number of carbonyl (C=O) groups is 1. The Labute approximate surface area is 174 Å². The lowest BCUT2D eigenvalue weighted by Crippen LogP contribution is -2.40. The van der Waals surface area contributed by atoms with Crippen molar-refractivity contribution in [2.45, 2.75) is 89.4 Å². The van der Waals surface area contributed by atoms with E-state index in [1.54, 1.807) is 0 Å². The molecular formula is C23H37N3O3. The van der Waals surface area contributed by atoms with Crippen LogP contribution in [-0.2, 0) is 16.0 Å². The van der Waals surface area contributed by atoms with Gasteiger partial charge < -0.3 is 14.2 Å². The van der Waals surface area contributed by atoms with Crippen LogP contribution in [0.15, 0.2) is 4.52 Å². The van der Waals surface area contributed by atoms with E-state index in [4.69, 9.17) is 9.26 Å². The fourth-order valence-corrected chi connectivity index (χ4v) is 5.30. The molecule has 1 aromatic heterocycles. The largest absolute Gasteiger partial charge is 0.381 e. The molecule has 0 bridgehead atoms. The molecule has 4 rings (SSSR count). The fraction of sp³-hybridized carbons (Fsp3) is 0.870. The highest BCUT2D eigenvalue weighted by atomic mass is 16.5. The van der Waals surface area contributed by atoms with E-state index < -0.39 is 0 Å². The van der Waals surface area contributed by atoms with Gasteiger partial charge in [0.15, 0.2) is 5.82 Å². The Hall–Kier alpha value is -1.43. The summed E-state index contributed by atoms with van der Waals surface area (Å²) in [6.07, 6.45) is 15.1. The molecule has 2 heterocycles. The molecule has 1 aromatic rings. The van der Waals surface area contributed by atoms with Gasteiger partial charge in [-0.1, -0.05) is 37.3 Å². The Bertz CT molecular complexity index is 635. The molecule has 0 aromatic carbocycles. The Morgan fingerprint density at radius 1 is 1.00 bits per heavy atom. The minimum absolute atomic E-state index is 0.180. The molecule has 6 heteroatoms. The minimum atomic E-state index is 0.180. The molecule has 2 aliphatic carbocycles. The first-order valence-electron chi connectivity index (χ1n) is 12.0. The summed E-state index contributed by atoms with van der Waals surface area (Å²) in [6.45, 7) is 3.13. The smallest absolute Gasteiger partial charge is 0.231 e. The van der Waals surface area contributed by atoms with Gasteiger partial charge in [0.2, 0.25) is 11.8 Å². The predicted molar refractivity (Wildman–Crippen MR) is 111 cm³/mol. The number of hydrogen-bond acceptors (Lipinski definition) is 5. The molecule has 0 radical (unpaired) electrons. The van der Waals surface area contributed by atoms with Crippen LogP contribution in [-0.4, -0.2) is 47.3 Å². The maximum Gasteiger partial charge on any atom is 0.231 e. The summed E-state index contributed by atoms with van der Waals surface area (Å²) in [5.41, 5.74) is 0. The lowest BCUT2D eigenvalue weighted by molar-refractivity contribution is -0.133. The third kappa shape index (κ3) is 6.03. The number of carbonyl (C=O) groups excluding carboxylic acids is 1. The van der Waals surface area contributed by atoms with E-state index in [9.17, 15) is 4.79 Å². The zero-order valence-corrected chi connectivity index (χ0v) is 17.8. The van der Waals surface area contributed by atoms with Crippen molar-refractivity contribution in [2.24, 2.45) is 11.8 Å². The summed E-state index contributed by atoms with van der Waals surface area (Å²) in [4.78, 5) is 19.4. The Morgan fingerprint density at radius 2 is 1.76 bits per heavy atom. The highest BCUT2D eigenvalue weighted by Gasteiger charge is 2.29. The summed E-state index contributed by atoms with van der Waals surface area (Å²) in [6, 6.07) is 0. The number of nitrogens with zero attached hydrogens (tertiary/aromatic N) is 3. The van der Waals surface area contributed by atoms with E-state index in [2.05, 4.69) is 10.1 Å². The van der Waals surface area contributed by atoms with E-state index in [0.717, 1.165) is 50.7 Å². The van der Waals surface area contributed by atoms with Gasteiger partial charge in [-0.15, -0.1) is 0 Å². The monoisotopic (exact) mass is 403 g/mol. The van der Waals surface area contributed by atoms with Crippen molar-refractivity contribution in [3.63, 3.8) is 0 Å². The number of amides is 1. The molecule has 3 aliphatic rings. The molecule has 3 fully saturated rings. The number of ether oxygens (including phenoxy) is 1. The van der Waals surface area contributed by atoms with Crippen LogP contribution in [0.1, 0.15) is 94.7 Å². The van der Waals surface area contributed by atoms with Crippen molar-refractivity contribution >= 4 is 5.91 Å².